The lowest BCUT2D eigenvalue weighted by Crippen LogP contribution is -2.28. The molecule has 1 amide bonds. The van der Waals surface area contributed by atoms with Crippen LogP contribution in [0.15, 0.2) is 41.6 Å². The van der Waals surface area contributed by atoms with E-state index in [1.54, 1.807) is 30.1 Å². The van der Waals surface area contributed by atoms with Crippen LogP contribution in [0.4, 0.5) is 5.82 Å². The van der Waals surface area contributed by atoms with E-state index in [0.717, 1.165) is 18.4 Å². The highest BCUT2D eigenvalue weighted by molar-refractivity contribution is 7.89. The first-order valence-corrected chi connectivity index (χ1v) is 10.3. The van der Waals surface area contributed by atoms with Gasteiger partial charge in [-0.05, 0) is 30.5 Å². The molecule has 8 nitrogen and oxygen atoms in total. The molecular formula is C18H25N5O3S. The molecule has 3 N–H and O–H groups in total. The highest BCUT2D eigenvalue weighted by Crippen LogP contribution is 2.11. The van der Waals surface area contributed by atoms with Crippen molar-refractivity contribution >= 4 is 21.7 Å². The van der Waals surface area contributed by atoms with Crippen LogP contribution in [0.25, 0.3) is 0 Å². The van der Waals surface area contributed by atoms with E-state index < -0.39 is 10.0 Å². The Labute approximate surface area is 159 Å². The Morgan fingerprint density at radius 2 is 1.93 bits per heavy atom. The number of nitrogens with one attached hydrogen (secondary N) is 1. The predicted molar refractivity (Wildman–Crippen MR) is 104 cm³/mol. The topological polar surface area (TPSA) is 118 Å². The minimum Gasteiger partial charge on any atom is -0.370 e. The molecule has 0 fully saturated rings. The minimum atomic E-state index is -3.68. The maximum Gasteiger partial charge on any atom is 0.272 e. The molecule has 2 rings (SSSR count). The summed E-state index contributed by atoms with van der Waals surface area (Å²) in [6.45, 7) is 3.34. The van der Waals surface area contributed by atoms with Crippen molar-refractivity contribution < 1.29 is 13.2 Å². The summed E-state index contributed by atoms with van der Waals surface area (Å²) < 4.78 is 22.5. The number of hydrogen-bond acceptors (Lipinski definition) is 6. The van der Waals surface area contributed by atoms with Gasteiger partial charge < -0.3 is 10.2 Å². The van der Waals surface area contributed by atoms with Gasteiger partial charge in [0.2, 0.25) is 10.0 Å². The third kappa shape index (κ3) is 6.30. The van der Waals surface area contributed by atoms with Crippen molar-refractivity contribution in [2.75, 3.05) is 25.5 Å². The molecule has 1 aromatic heterocycles. The summed E-state index contributed by atoms with van der Waals surface area (Å²) in [4.78, 5) is 22.3. The van der Waals surface area contributed by atoms with Gasteiger partial charge in [-0.2, -0.15) is 0 Å². The summed E-state index contributed by atoms with van der Waals surface area (Å²) in [5.74, 6) is 0.436. The van der Waals surface area contributed by atoms with E-state index in [1.165, 1.54) is 18.5 Å². The molecule has 0 aliphatic heterocycles. The average molecular weight is 391 g/mol. The fraction of sp³-hybridized carbons (Fsp3) is 0.389. The van der Waals surface area contributed by atoms with Gasteiger partial charge in [-0.1, -0.05) is 25.5 Å². The summed E-state index contributed by atoms with van der Waals surface area (Å²) in [5.41, 5.74) is 1.31. The minimum absolute atomic E-state index is 0.0883. The number of aromatic nitrogens is 2. The Balaban J connectivity index is 1.92. The lowest BCUT2D eigenvalue weighted by molar-refractivity contribution is 0.0787. The van der Waals surface area contributed by atoms with E-state index in [4.69, 9.17) is 5.14 Å². The van der Waals surface area contributed by atoms with Crippen molar-refractivity contribution in [2.45, 2.75) is 31.1 Å². The molecule has 0 radical (unpaired) electrons. The lowest BCUT2D eigenvalue weighted by atomic mass is 10.1. The highest BCUT2D eigenvalue weighted by Gasteiger charge is 2.13. The van der Waals surface area contributed by atoms with E-state index >= 15 is 0 Å². The normalized spacial score (nSPS) is 11.2. The van der Waals surface area contributed by atoms with Gasteiger partial charge in [0.1, 0.15) is 17.8 Å². The van der Waals surface area contributed by atoms with Gasteiger partial charge in [0.05, 0.1) is 4.90 Å². The number of nitrogens with two attached hydrogens (primary N) is 1. The number of nitrogens with zero attached hydrogens (tertiary/aromatic N) is 3. The zero-order valence-electron chi connectivity index (χ0n) is 15.6. The summed E-state index contributed by atoms with van der Waals surface area (Å²) >= 11 is 0. The molecule has 1 aromatic carbocycles. The van der Waals surface area contributed by atoms with E-state index in [2.05, 4.69) is 22.2 Å². The number of hydrogen-bond donors (Lipinski definition) is 2. The Bertz CT molecular complexity index is 869. The summed E-state index contributed by atoms with van der Waals surface area (Å²) in [6, 6.07) is 8.05. The van der Waals surface area contributed by atoms with Crippen molar-refractivity contribution in [1.82, 2.24) is 14.9 Å². The monoisotopic (exact) mass is 391 g/mol. The van der Waals surface area contributed by atoms with Crippen molar-refractivity contribution in [3.8, 4) is 0 Å². The SMILES string of the molecule is CCCCN(C)C(=O)c1cc(NCCc2ccc(S(N)(=O)=O)cc2)ncn1. The smallest absolute Gasteiger partial charge is 0.272 e. The quantitative estimate of drug-likeness (QED) is 0.671. The zero-order chi connectivity index (χ0) is 19.9. The third-order valence-electron chi connectivity index (χ3n) is 4.05. The molecule has 0 saturated carbocycles. The van der Waals surface area contributed by atoms with Crippen LogP contribution in [-0.4, -0.2) is 49.3 Å². The van der Waals surface area contributed by atoms with Gasteiger partial charge in [-0.3, -0.25) is 4.79 Å². The third-order valence-corrected chi connectivity index (χ3v) is 4.98. The van der Waals surface area contributed by atoms with Gasteiger partial charge in [0.25, 0.3) is 5.91 Å². The van der Waals surface area contributed by atoms with Gasteiger partial charge in [-0.25, -0.2) is 23.5 Å². The van der Waals surface area contributed by atoms with Crippen LogP contribution in [0.5, 0.6) is 0 Å². The van der Waals surface area contributed by atoms with Gasteiger partial charge >= 0.3 is 0 Å². The number of primary sulfonamides is 1. The molecule has 2 aromatic rings. The highest BCUT2D eigenvalue weighted by atomic mass is 32.2. The second-order valence-electron chi connectivity index (χ2n) is 6.23. The molecule has 0 unspecified atom stereocenters. The zero-order valence-corrected chi connectivity index (χ0v) is 16.4. The first-order valence-electron chi connectivity index (χ1n) is 8.74. The number of carbonyl (C=O) groups is 1. The maximum absolute atomic E-state index is 12.4. The average Bonchev–Trinajstić information content (AvgIpc) is 2.65. The van der Waals surface area contributed by atoms with E-state index in [0.29, 0.717) is 31.0 Å². The van der Waals surface area contributed by atoms with Gasteiger partial charge in [0, 0.05) is 26.2 Å². The number of unbranched alkanes of at least 4 members (excludes halogenated alkanes) is 1. The van der Waals surface area contributed by atoms with Crippen LogP contribution in [0.1, 0.15) is 35.8 Å². The Kier molecular flexibility index (Phi) is 7.26. The summed E-state index contributed by atoms with van der Waals surface area (Å²) in [5, 5.41) is 8.23. The summed E-state index contributed by atoms with van der Waals surface area (Å²) in [6.07, 6.45) is 3.99. The molecular weight excluding hydrogens is 366 g/mol. The Morgan fingerprint density at radius 3 is 2.56 bits per heavy atom. The van der Waals surface area contributed by atoms with Crippen molar-refractivity contribution in [3.05, 3.63) is 47.9 Å². The number of rotatable bonds is 9. The number of sulfonamides is 1. The molecule has 0 aliphatic carbocycles. The molecule has 146 valence electrons. The predicted octanol–water partition coefficient (Wildman–Crippen LogP) is 1.65. The first kappa shape index (κ1) is 20.8. The van der Waals surface area contributed by atoms with Crippen LogP contribution in [0, 0.1) is 0 Å². The molecule has 0 atom stereocenters. The molecule has 1 heterocycles. The number of amides is 1. The number of anilines is 1. The van der Waals surface area contributed by atoms with Gasteiger partial charge in [-0.15, -0.1) is 0 Å². The molecule has 0 spiro atoms. The van der Waals surface area contributed by atoms with Crippen LogP contribution < -0.4 is 10.5 Å². The lowest BCUT2D eigenvalue weighted by Gasteiger charge is -2.16. The van der Waals surface area contributed by atoms with Crippen molar-refractivity contribution in [1.29, 1.82) is 0 Å². The van der Waals surface area contributed by atoms with Gasteiger partial charge in [0.15, 0.2) is 0 Å². The fourth-order valence-electron chi connectivity index (χ4n) is 2.44. The van der Waals surface area contributed by atoms with Crippen LogP contribution in [0.2, 0.25) is 0 Å². The molecule has 27 heavy (non-hydrogen) atoms. The maximum atomic E-state index is 12.4. The van der Waals surface area contributed by atoms with Crippen molar-refractivity contribution in [2.24, 2.45) is 5.14 Å². The summed E-state index contributed by atoms with van der Waals surface area (Å²) in [7, 11) is -1.92. The van der Waals surface area contributed by atoms with Crippen molar-refractivity contribution in [3.63, 3.8) is 0 Å². The number of benzene rings is 1. The molecule has 0 saturated heterocycles. The van der Waals surface area contributed by atoms with E-state index in [9.17, 15) is 13.2 Å². The number of carbonyl (C=O) groups excluding carboxylic acids is 1. The van der Waals surface area contributed by atoms with Crippen LogP contribution >= 0.6 is 0 Å². The van der Waals surface area contributed by atoms with E-state index in [-0.39, 0.29) is 10.8 Å². The standard InChI is InChI=1S/C18H25N5O3S/c1-3-4-11-23(2)18(24)16-12-17(22-13-21-16)20-10-9-14-5-7-15(8-6-14)27(19,25)26/h5-8,12-13H,3-4,9-11H2,1-2H3,(H2,19,25,26)(H,20,21,22). The van der Waals surface area contributed by atoms with E-state index in [1.807, 2.05) is 0 Å². The van der Waals surface area contributed by atoms with Crippen LogP contribution in [0.3, 0.4) is 0 Å². The fourth-order valence-corrected chi connectivity index (χ4v) is 2.96. The van der Waals surface area contributed by atoms with Crippen LogP contribution in [-0.2, 0) is 16.4 Å². The largest absolute Gasteiger partial charge is 0.370 e. The molecule has 0 aliphatic rings. The second kappa shape index (κ2) is 9.43. The Hall–Kier alpha value is -2.52. The molecule has 0 bridgehead atoms. The second-order valence-corrected chi connectivity index (χ2v) is 7.80. The Morgan fingerprint density at radius 1 is 1.22 bits per heavy atom. The molecule has 9 heteroatoms. The first-order chi connectivity index (χ1) is 12.8.